The van der Waals surface area contributed by atoms with Crippen molar-refractivity contribution < 1.29 is 31.6 Å². The maximum atomic E-state index is 13.9. The van der Waals surface area contributed by atoms with Gasteiger partial charge in [0.25, 0.3) is 5.56 Å². The molecule has 0 radical (unpaired) electrons. The predicted octanol–water partition coefficient (Wildman–Crippen LogP) is 3.58. The van der Waals surface area contributed by atoms with Crippen LogP contribution < -0.4 is 28.5 Å². The van der Waals surface area contributed by atoms with Crippen LogP contribution in [0.3, 0.4) is 0 Å². The number of benzene rings is 3. The molecule has 0 bridgehead atoms. The number of rotatable bonds is 9. The molecule has 1 aliphatic rings. The number of aromatic nitrogens is 1. The lowest BCUT2D eigenvalue weighted by molar-refractivity contribution is -0.139. The second kappa shape index (κ2) is 12.3. The van der Waals surface area contributed by atoms with Crippen LogP contribution in [0.1, 0.15) is 31.0 Å². The summed E-state index contributed by atoms with van der Waals surface area (Å²) in [4.78, 5) is 32.0. The second-order valence-electron chi connectivity index (χ2n) is 9.34. The van der Waals surface area contributed by atoms with E-state index in [1.54, 1.807) is 81.6 Å². The molecular weight excluding hydrogens is 592 g/mol. The molecule has 3 aromatic carbocycles. The fourth-order valence-corrected chi connectivity index (χ4v) is 6.65. The number of carbonyl (C=O) groups is 1. The summed E-state index contributed by atoms with van der Waals surface area (Å²) in [6, 6.07) is 18.8. The smallest absolute Gasteiger partial charge is 0.339 e. The summed E-state index contributed by atoms with van der Waals surface area (Å²) in [5.41, 5.74) is 1.62. The highest BCUT2D eigenvalue weighted by molar-refractivity contribution is 7.87. The van der Waals surface area contributed by atoms with E-state index < -0.39 is 22.1 Å². The molecule has 222 valence electrons. The van der Waals surface area contributed by atoms with Crippen molar-refractivity contribution >= 4 is 33.5 Å². The Balaban J connectivity index is 1.58. The van der Waals surface area contributed by atoms with Crippen molar-refractivity contribution in [3.05, 3.63) is 115 Å². The summed E-state index contributed by atoms with van der Waals surface area (Å²) < 4.78 is 48.7. The van der Waals surface area contributed by atoms with Crippen molar-refractivity contribution in [1.29, 1.82) is 0 Å². The Labute approximate surface area is 251 Å². The van der Waals surface area contributed by atoms with Crippen LogP contribution in [0.2, 0.25) is 0 Å². The molecule has 12 heteroatoms. The molecule has 0 saturated carbocycles. The average Bonchev–Trinajstić information content (AvgIpc) is 3.31. The van der Waals surface area contributed by atoms with E-state index in [0.29, 0.717) is 31.9 Å². The highest BCUT2D eigenvalue weighted by Crippen LogP contribution is 2.33. The molecule has 0 fully saturated rings. The predicted molar refractivity (Wildman–Crippen MR) is 161 cm³/mol. The minimum atomic E-state index is -4.09. The van der Waals surface area contributed by atoms with Gasteiger partial charge in [-0.3, -0.25) is 9.36 Å². The molecule has 43 heavy (non-hydrogen) atoms. The first-order valence-electron chi connectivity index (χ1n) is 13.2. The fraction of sp³-hybridized carbons (Fsp3) is 0.194. The van der Waals surface area contributed by atoms with E-state index in [2.05, 4.69) is 4.99 Å². The highest BCUT2D eigenvalue weighted by Gasteiger charge is 2.33. The van der Waals surface area contributed by atoms with Crippen molar-refractivity contribution in [3.63, 3.8) is 0 Å². The van der Waals surface area contributed by atoms with E-state index in [1.807, 2.05) is 0 Å². The van der Waals surface area contributed by atoms with Crippen molar-refractivity contribution in [1.82, 2.24) is 4.57 Å². The summed E-state index contributed by atoms with van der Waals surface area (Å²) >= 11 is 1.17. The quantitative estimate of drug-likeness (QED) is 0.206. The molecule has 4 aromatic rings. The van der Waals surface area contributed by atoms with Crippen LogP contribution in [0.15, 0.2) is 98.7 Å². The van der Waals surface area contributed by atoms with Crippen LogP contribution >= 0.6 is 11.3 Å². The molecule has 0 spiro atoms. The molecule has 10 nitrogen and oxygen atoms in total. The van der Waals surface area contributed by atoms with E-state index in [-0.39, 0.29) is 34.1 Å². The molecule has 1 aliphatic heterocycles. The van der Waals surface area contributed by atoms with Crippen molar-refractivity contribution in [2.24, 2.45) is 4.99 Å². The highest BCUT2D eigenvalue weighted by atomic mass is 32.2. The fourth-order valence-electron chi connectivity index (χ4n) is 4.64. The van der Waals surface area contributed by atoms with Crippen LogP contribution in [-0.4, -0.2) is 39.8 Å². The van der Waals surface area contributed by atoms with E-state index in [0.717, 1.165) is 0 Å². The third-order valence-electron chi connectivity index (χ3n) is 6.67. The average molecular weight is 621 g/mol. The van der Waals surface area contributed by atoms with Gasteiger partial charge in [0.05, 0.1) is 42.7 Å². The summed E-state index contributed by atoms with van der Waals surface area (Å²) in [5, 5.41) is 0. The van der Waals surface area contributed by atoms with Crippen LogP contribution in [0, 0.1) is 0 Å². The van der Waals surface area contributed by atoms with Crippen LogP contribution in [-0.2, 0) is 19.6 Å². The molecule has 5 rings (SSSR count). The largest absolute Gasteiger partial charge is 0.497 e. The third kappa shape index (κ3) is 5.97. The standard InChI is InChI=1S/C31H28N2O8S2/c1-5-40-30(35)27-19(2)32-31-33(28(27)21-12-14-22(38-3)15-13-21)29(34)26(42-31)18-20-11-16-24(25(17-20)39-4)41-43(36,37)23-9-7-6-8-10-23/h6-18,28H,5H2,1-4H3. The summed E-state index contributed by atoms with van der Waals surface area (Å²) in [6.45, 7) is 3.60. The molecule has 1 unspecified atom stereocenters. The summed E-state index contributed by atoms with van der Waals surface area (Å²) in [6.07, 6.45) is 1.65. The zero-order valence-electron chi connectivity index (χ0n) is 23.8. The van der Waals surface area contributed by atoms with Crippen LogP contribution in [0.25, 0.3) is 6.08 Å². The first kappa shape index (κ1) is 29.8. The monoisotopic (exact) mass is 620 g/mol. The Morgan fingerprint density at radius 2 is 1.72 bits per heavy atom. The number of allylic oxidation sites excluding steroid dienone is 1. The molecular formula is C31H28N2O8S2. The van der Waals surface area contributed by atoms with Crippen molar-refractivity contribution in [3.8, 4) is 17.2 Å². The van der Waals surface area contributed by atoms with Gasteiger partial charge in [-0.2, -0.15) is 8.42 Å². The van der Waals surface area contributed by atoms with Gasteiger partial charge in [0.2, 0.25) is 0 Å². The Bertz CT molecular complexity index is 2000. The lowest BCUT2D eigenvalue weighted by Crippen LogP contribution is -2.39. The van der Waals surface area contributed by atoms with Gasteiger partial charge in [-0.05, 0) is 67.4 Å². The number of hydrogen-bond acceptors (Lipinski definition) is 10. The Kier molecular flexibility index (Phi) is 8.51. The summed E-state index contributed by atoms with van der Waals surface area (Å²) in [5.74, 6) is 0.244. The Morgan fingerprint density at radius 1 is 1.00 bits per heavy atom. The van der Waals surface area contributed by atoms with Gasteiger partial charge < -0.3 is 18.4 Å². The van der Waals surface area contributed by atoms with Gasteiger partial charge in [0.15, 0.2) is 16.3 Å². The number of hydrogen-bond donors (Lipinski definition) is 0. The number of nitrogens with zero attached hydrogens (tertiary/aromatic N) is 2. The number of fused-ring (bicyclic) bond motifs is 1. The normalized spacial score (nSPS) is 15.0. The van der Waals surface area contributed by atoms with Gasteiger partial charge in [0.1, 0.15) is 10.6 Å². The SMILES string of the molecule is CCOC(=O)C1=C(C)N=c2sc(=Cc3ccc(OS(=O)(=O)c4ccccc4)c(OC)c3)c(=O)n2C1c1ccc(OC)cc1. The maximum Gasteiger partial charge on any atom is 0.339 e. The van der Waals surface area contributed by atoms with Gasteiger partial charge in [-0.15, -0.1) is 0 Å². The van der Waals surface area contributed by atoms with Gasteiger partial charge >= 0.3 is 16.1 Å². The lowest BCUT2D eigenvalue weighted by atomic mass is 9.96. The molecule has 2 heterocycles. The Morgan fingerprint density at radius 3 is 2.37 bits per heavy atom. The lowest BCUT2D eigenvalue weighted by Gasteiger charge is -2.24. The van der Waals surface area contributed by atoms with Crippen molar-refractivity contribution in [2.75, 3.05) is 20.8 Å². The van der Waals surface area contributed by atoms with Crippen molar-refractivity contribution in [2.45, 2.75) is 24.8 Å². The molecule has 0 N–H and O–H groups in total. The second-order valence-corrected chi connectivity index (χ2v) is 11.9. The number of esters is 1. The van der Waals surface area contributed by atoms with Gasteiger partial charge in [-0.25, -0.2) is 9.79 Å². The number of carbonyl (C=O) groups excluding carboxylic acids is 1. The number of methoxy groups -OCH3 is 2. The minimum Gasteiger partial charge on any atom is -0.497 e. The molecule has 0 aliphatic carbocycles. The zero-order valence-corrected chi connectivity index (χ0v) is 25.4. The number of ether oxygens (including phenoxy) is 3. The minimum absolute atomic E-state index is 0.000767. The zero-order chi connectivity index (χ0) is 30.7. The van der Waals surface area contributed by atoms with E-state index >= 15 is 0 Å². The first-order valence-corrected chi connectivity index (χ1v) is 15.4. The van der Waals surface area contributed by atoms with Crippen LogP contribution in [0.5, 0.6) is 17.2 Å². The Hall–Kier alpha value is -4.68. The molecule has 1 aromatic heterocycles. The van der Waals surface area contributed by atoms with Gasteiger partial charge in [0, 0.05) is 0 Å². The molecule has 1 atom stereocenters. The summed E-state index contributed by atoms with van der Waals surface area (Å²) in [7, 11) is -1.14. The van der Waals surface area contributed by atoms with E-state index in [1.165, 1.54) is 41.2 Å². The molecule has 0 saturated heterocycles. The van der Waals surface area contributed by atoms with E-state index in [4.69, 9.17) is 18.4 Å². The van der Waals surface area contributed by atoms with E-state index in [9.17, 15) is 18.0 Å². The van der Waals surface area contributed by atoms with Crippen LogP contribution in [0.4, 0.5) is 0 Å². The van der Waals surface area contributed by atoms with Gasteiger partial charge in [-0.1, -0.05) is 47.7 Å². The third-order valence-corrected chi connectivity index (χ3v) is 8.90. The number of thiazole rings is 1. The maximum absolute atomic E-state index is 13.9. The topological polar surface area (TPSA) is 122 Å². The first-order chi connectivity index (χ1) is 20.7. The molecule has 0 amide bonds.